The molecule has 1 aromatic heterocycles. The molecule has 1 fully saturated rings. The highest BCUT2D eigenvalue weighted by Gasteiger charge is 2.28. The zero-order chi connectivity index (χ0) is 10.8. The Hall–Kier alpha value is -0.680. The second-order valence-electron chi connectivity index (χ2n) is 4.40. The van der Waals surface area contributed by atoms with E-state index in [0.29, 0.717) is 5.92 Å². The van der Waals surface area contributed by atoms with Crippen LogP contribution >= 0.6 is 11.5 Å². The lowest BCUT2D eigenvalue weighted by Crippen LogP contribution is -2.25. The molecule has 1 heterocycles. The highest BCUT2D eigenvalue weighted by molar-refractivity contribution is 7.09. The number of nitrogens with two attached hydrogens (primary N) is 1. The van der Waals surface area contributed by atoms with E-state index >= 15 is 0 Å². The van der Waals surface area contributed by atoms with Crippen LogP contribution in [0.15, 0.2) is 0 Å². The summed E-state index contributed by atoms with van der Waals surface area (Å²) in [6, 6.07) is 0.253. The third-order valence-electron chi connectivity index (χ3n) is 2.62. The van der Waals surface area contributed by atoms with E-state index in [-0.39, 0.29) is 6.04 Å². The van der Waals surface area contributed by atoms with E-state index in [4.69, 9.17) is 5.73 Å². The van der Waals surface area contributed by atoms with Gasteiger partial charge in [0.1, 0.15) is 5.82 Å². The lowest BCUT2D eigenvalue weighted by molar-refractivity contribution is 0.658. The van der Waals surface area contributed by atoms with Crippen molar-refractivity contribution in [2.24, 2.45) is 5.73 Å². The molecule has 4 nitrogen and oxygen atoms in total. The normalized spacial score (nSPS) is 17.8. The first-order chi connectivity index (χ1) is 7.16. The van der Waals surface area contributed by atoms with Crippen LogP contribution in [0.5, 0.6) is 0 Å². The molecule has 0 bridgehead atoms. The number of nitrogens with zero attached hydrogens (tertiary/aromatic N) is 3. The fourth-order valence-corrected chi connectivity index (χ4v) is 2.11. The van der Waals surface area contributed by atoms with Gasteiger partial charge in [0.2, 0.25) is 5.13 Å². The highest BCUT2D eigenvalue weighted by atomic mass is 32.1. The Kier molecular flexibility index (Phi) is 3.21. The van der Waals surface area contributed by atoms with Gasteiger partial charge in [0.25, 0.3) is 0 Å². The van der Waals surface area contributed by atoms with Gasteiger partial charge in [-0.3, -0.25) is 0 Å². The fraction of sp³-hybridized carbons (Fsp3) is 0.800. The SMILES string of the molecule is CC(N)CCN(C)c1nc(C2CC2)ns1. The van der Waals surface area contributed by atoms with Gasteiger partial charge in [-0.05, 0) is 26.2 Å². The third-order valence-corrected chi connectivity index (χ3v) is 3.46. The van der Waals surface area contributed by atoms with Crippen LogP contribution in [0.2, 0.25) is 0 Å². The average molecular weight is 226 g/mol. The smallest absolute Gasteiger partial charge is 0.204 e. The molecule has 1 saturated carbocycles. The molecule has 0 spiro atoms. The second kappa shape index (κ2) is 4.45. The topological polar surface area (TPSA) is 55.0 Å². The van der Waals surface area contributed by atoms with Crippen molar-refractivity contribution in [3.8, 4) is 0 Å². The first-order valence-corrected chi connectivity index (χ1v) is 6.24. The first kappa shape index (κ1) is 10.8. The van der Waals surface area contributed by atoms with Crippen LogP contribution in [-0.4, -0.2) is 29.0 Å². The van der Waals surface area contributed by atoms with Crippen molar-refractivity contribution in [3.05, 3.63) is 5.82 Å². The van der Waals surface area contributed by atoms with Gasteiger partial charge in [-0.15, -0.1) is 0 Å². The molecule has 0 amide bonds. The molecule has 15 heavy (non-hydrogen) atoms. The maximum Gasteiger partial charge on any atom is 0.204 e. The molecule has 1 atom stereocenters. The van der Waals surface area contributed by atoms with E-state index in [1.165, 1.54) is 24.4 Å². The molecule has 5 heteroatoms. The summed E-state index contributed by atoms with van der Waals surface area (Å²) < 4.78 is 4.38. The average Bonchev–Trinajstić information content (AvgIpc) is 2.93. The maximum atomic E-state index is 5.72. The van der Waals surface area contributed by atoms with Crippen LogP contribution in [0.25, 0.3) is 0 Å². The van der Waals surface area contributed by atoms with Crippen molar-refractivity contribution >= 4 is 16.7 Å². The summed E-state index contributed by atoms with van der Waals surface area (Å²) in [5, 5.41) is 1.03. The molecule has 0 aliphatic heterocycles. The summed E-state index contributed by atoms with van der Waals surface area (Å²) in [5.74, 6) is 1.69. The van der Waals surface area contributed by atoms with E-state index in [1.54, 1.807) is 0 Å². The molecule has 1 aromatic rings. The van der Waals surface area contributed by atoms with Crippen LogP contribution in [0.3, 0.4) is 0 Å². The number of anilines is 1. The zero-order valence-corrected chi connectivity index (χ0v) is 10.1. The van der Waals surface area contributed by atoms with Gasteiger partial charge >= 0.3 is 0 Å². The molecule has 2 N–H and O–H groups in total. The van der Waals surface area contributed by atoms with E-state index in [1.807, 2.05) is 6.92 Å². The monoisotopic (exact) mass is 226 g/mol. The van der Waals surface area contributed by atoms with Gasteiger partial charge in [0.15, 0.2) is 0 Å². The lowest BCUT2D eigenvalue weighted by Gasteiger charge is -2.15. The summed E-state index contributed by atoms with van der Waals surface area (Å²) in [4.78, 5) is 6.69. The molecule has 0 aromatic carbocycles. The Morgan fingerprint density at radius 3 is 2.93 bits per heavy atom. The highest BCUT2D eigenvalue weighted by Crippen LogP contribution is 2.39. The molecule has 1 aliphatic rings. The summed E-state index contributed by atoms with van der Waals surface area (Å²) in [7, 11) is 2.06. The molecule has 1 unspecified atom stereocenters. The predicted octanol–water partition coefficient (Wildman–Crippen LogP) is 1.59. The maximum absolute atomic E-state index is 5.72. The molecule has 0 saturated heterocycles. The Balaban J connectivity index is 1.89. The number of hydrogen-bond donors (Lipinski definition) is 1. The van der Waals surface area contributed by atoms with Crippen LogP contribution < -0.4 is 10.6 Å². The molecule has 0 radical (unpaired) electrons. The molecular weight excluding hydrogens is 208 g/mol. The lowest BCUT2D eigenvalue weighted by atomic mass is 10.2. The van der Waals surface area contributed by atoms with Crippen molar-refractivity contribution < 1.29 is 0 Å². The van der Waals surface area contributed by atoms with Crippen molar-refractivity contribution in [1.82, 2.24) is 9.36 Å². The van der Waals surface area contributed by atoms with Gasteiger partial charge in [-0.25, -0.2) is 4.98 Å². The van der Waals surface area contributed by atoms with Crippen molar-refractivity contribution in [3.63, 3.8) is 0 Å². The minimum Gasteiger partial charge on any atom is -0.350 e. The Morgan fingerprint density at radius 2 is 2.33 bits per heavy atom. The van der Waals surface area contributed by atoms with Gasteiger partial charge < -0.3 is 10.6 Å². The van der Waals surface area contributed by atoms with Crippen LogP contribution in [0, 0.1) is 0 Å². The summed E-state index contributed by atoms with van der Waals surface area (Å²) in [6.07, 6.45) is 3.52. The number of hydrogen-bond acceptors (Lipinski definition) is 5. The van der Waals surface area contributed by atoms with Crippen molar-refractivity contribution in [1.29, 1.82) is 0 Å². The van der Waals surface area contributed by atoms with Crippen LogP contribution in [0.1, 0.15) is 37.9 Å². The molecular formula is C10H18N4S. The van der Waals surface area contributed by atoms with E-state index in [9.17, 15) is 0 Å². The Bertz CT molecular complexity index is 319. The quantitative estimate of drug-likeness (QED) is 0.828. The van der Waals surface area contributed by atoms with Crippen molar-refractivity contribution in [2.45, 2.75) is 38.1 Å². The van der Waals surface area contributed by atoms with Gasteiger partial charge in [-0.2, -0.15) is 4.37 Å². The van der Waals surface area contributed by atoms with Gasteiger partial charge in [-0.1, -0.05) is 0 Å². The number of rotatable bonds is 5. The van der Waals surface area contributed by atoms with E-state index < -0.39 is 0 Å². The first-order valence-electron chi connectivity index (χ1n) is 5.47. The number of aromatic nitrogens is 2. The second-order valence-corrected chi connectivity index (χ2v) is 5.13. The molecule has 2 rings (SSSR count). The zero-order valence-electron chi connectivity index (χ0n) is 9.31. The van der Waals surface area contributed by atoms with Crippen molar-refractivity contribution in [2.75, 3.05) is 18.5 Å². The standard InChI is InChI=1S/C10H18N4S/c1-7(11)5-6-14(2)10-12-9(13-15-10)8-3-4-8/h7-8H,3-6,11H2,1-2H3. The molecule has 1 aliphatic carbocycles. The van der Waals surface area contributed by atoms with Crippen LogP contribution in [-0.2, 0) is 0 Å². The Labute approximate surface area is 94.7 Å². The van der Waals surface area contributed by atoms with Gasteiger partial charge in [0, 0.05) is 37.1 Å². The summed E-state index contributed by atoms with van der Waals surface area (Å²) in [5.41, 5.74) is 5.72. The minimum absolute atomic E-state index is 0.253. The molecule has 84 valence electrons. The minimum atomic E-state index is 0.253. The Morgan fingerprint density at radius 1 is 1.60 bits per heavy atom. The fourth-order valence-electron chi connectivity index (χ4n) is 1.38. The summed E-state index contributed by atoms with van der Waals surface area (Å²) >= 11 is 1.50. The third kappa shape index (κ3) is 2.89. The van der Waals surface area contributed by atoms with Crippen LogP contribution in [0.4, 0.5) is 5.13 Å². The summed E-state index contributed by atoms with van der Waals surface area (Å²) in [6.45, 7) is 2.99. The van der Waals surface area contributed by atoms with E-state index in [2.05, 4.69) is 21.3 Å². The predicted molar refractivity (Wildman–Crippen MR) is 63.4 cm³/mol. The van der Waals surface area contributed by atoms with Gasteiger partial charge in [0.05, 0.1) is 0 Å². The largest absolute Gasteiger partial charge is 0.350 e. The van der Waals surface area contributed by atoms with E-state index in [0.717, 1.165) is 23.9 Å².